The van der Waals surface area contributed by atoms with Crippen LogP contribution < -0.4 is 10.6 Å². The predicted molar refractivity (Wildman–Crippen MR) is 79.3 cm³/mol. The van der Waals surface area contributed by atoms with Gasteiger partial charge in [-0.2, -0.15) is 0 Å². The largest absolute Gasteiger partial charge is 0.469 e. The second kappa shape index (κ2) is 11.8. The Balaban J connectivity index is 3.85. The van der Waals surface area contributed by atoms with Gasteiger partial charge in [0.15, 0.2) is 5.96 Å². The van der Waals surface area contributed by atoms with E-state index in [0.717, 1.165) is 31.4 Å². The van der Waals surface area contributed by atoms with Crippen LogP contribution in [0.2, 0.25) is 0 Å². The number of unbranched alkanes of at least 4 members (excludes halogenated alkanes) is 1. The number of carbonyl (C=O) groups is 1. The molecule has 0 bridgehead atoms. The summed E-state index contributed by atoms with van der Waals surface area (Å²) in [5.41, 5.74) is 0. The van der Waals surface area contributed by atoms with Crippen molar-refractivity contribution in [1.82, 2.24) is 10.6 Å². The molecule has 0 aliphatic rings. The number of esters is 1. The molecule has 0 amide bonds. The molecular weight excluding hydrogens is 242 g/mol. The summed E-state index contributed by atoms with van der Waals surface area (Å²) < 4.78 is 4.59. The normalized spacial score (nSPS) is 11.5. The maximum absolute atomic E-state index is 11.0. The van der Waals surface area contributed by atoms with Crippen LogP contribution in [0.5, 0.6) is 0 Å². The maximum Gasteiger partial charge on any atom is 0.307 e. The summed E-state index contributed by atoms with van der Waals surface area (Å²) in [6, 6.07) is 0. The lowest BCUT2D eigenvalue weighted by Crippen LogP contribution is -2.38. The van der Waals surface area contributed by atoms with Gasteiger partial charge in [-0.1, -0.05) is 26.7 Å². The van der Waals surface area contributed by atoms with E-state index in [0.29, 0.717) is 13.0 Å². The van der Waals surface area contributed by atoms with Crippen molar-refractivity contribution < 1.29 is 9.53 Å². The molecule has 112 valence electrons. The number of hydrogen-bond donors (Lipinski definition) is 2. The Hall–Kier alpha value is -1.26. The van der Waals surface area contributed by atoms with Crippen molar-refractivity contribution in [2.45, 2.75) is 46.5 Å². The van der Waals surface area contributed by atoms with Crippen molar-refractivity contribution in [2.75, 3.05) is 26.7 Å². The molecule has 0 saturated carbocycles. The van der Waals surface area contributed by atoms with E-state index in [1.165, 1.54) is 20.0 Å². The van der Waals surface area contributed by atoms with Crippen molar-refractivity contribution in [2.24, 2.45) is 10.9 Å². The minimum absolute atomic E-state index is 0.208. The average Bonchev–Trinajstić information content (AvgIpc) is 2.37. The topological polar surface area (TPSA) is 62.7 Å². The lowest BCUT2D eigenvalue weighted by Gasteiger charge is -2.10. The number of ether oxygens (including phenoxy) is 1. The Morgan fingerprint density at radius 2 is 2.00 bits per heavy atom. The van der Waals surface area contributed by atoms with E-state index >= 15 is 0 Å². The fourth-order valence-corrected chi connectivity index (χ4v) is 1.58. The van der Waals surface area contributed by atoms with Crippen molar-refractivity contribution in [3.8, 4) is 0 Å². The third-order valence-electron chi connectivity index (χ3n) is 2.65. The van der Waals surface area contributed by atoms with Crippen LogP contribution in [0, 0.1) is 5.92 Å². The molecule has 0 aliphatic heterocycles. The van der Waals surface area contributed by atoms with Gasteiger partial charge in [-0.15, -0.1) is 0 Å². The van der Waals surface area contributed by atoms with Crippen molar-refractivity contribution in [3.63, 3.8) is 0 Å². The molecule has 0 atom stereocenters. The minimum atomic E-state index is -0.208. The van der Waals surface area contributed by atoms with Crippen molar-refractivity contribution in [1.29, 1.82) is 0 Å². The van der Waals surface area contributed by atoms with Gasteiger partial charge in [0.05, 0.1) is 13.5 Å². The Morgan fingerprint density at radius 1 is 1.26 bits per heavy atom. The molecule has 0 spiro atoms. The Kier molecular flexibility index (Phi) is 11.0. The summed E-state index contributed by atoms with van der Waals surface area (Å²) in [5.74, 6) is 1.33. The molecule has 2 N–H and O–H groups in total. The highest BCUT2D eigenvalue weighted by atomic mass is 16.5. The fraction of sp³-hybridized carbons (Fsp3) is 0.857. The van der Waals surface area contributed by atoms with Crippen LogP contribution in [-0.2, 0) is 9.53 Å². The lowest BCUT2D eigenvalue weighted by atomic mass is 10.1. The lowest BCUT2D eigenvalue weighted by molar-refractivity contribution is -0.140. The first kappa shape index (κ1) is 17.7. The Morgan fingerprint density at radius 3 is 2.58 bits per heavy atom. The number of guanidine groups is 1. The molecule has 0 saturated heterocycles. The molecule has 0 aromatic heterocycles. The van der Waals surface area contributed by atoms with Gasteiger partial charge in [-0.25, -0.2) is 0 Å². The fourth-order valence-electron chi connectivity index (χ4n) is 1.58. The smallest absolute Gasteiger partial charge is 0.307 e. The molecule has 0 aliphatic carbocycles. The van der Waals surface area contributed by atoms with E-state index in [4.69, 9.17) is 0 Å². The van der Waals surface area contributed by atoms with Gasteiger partial charge in [0.25, 0.3) is 0 Å². The molecular formula is C14H29N3O2. The Labute approximate surface area is 117 Å². The summed E-state index contributed by atoms with van der Waals surface area (Å²) in [6.45, 7) is 8.68. The highest BCUT2D eigenvalue weighted by molar-refractivity contribution is 5.80. The van der Waals surface area contributed by atoms with E-state index in [1.54, 1.807) is 0 Å². The van der Waals surface area contributed by atoms with Crippen LogP contribution in [0.1, 0.15) is 46.5 Å². The third-order valence-corrected chi connectivity index (χ3v) is 2.65. The number of rotatable bonds is 9. The predicted octanol–water partition coefficient (Wildman–Crippen LogP) is 1.93. The van der Waals surface area contributed by atoms with Gasteiger partial charge in [-0.3, -0.25) is 9.79 Å². The van der Waals surface area contributed by atoms with Crippen molar-refractivity contribution >= 4 is 11.9 Å². The molecule has 0 unspecified atom stereocenters. The summed E-state index contributed by atoms with van der Waals surface area (Å²) in [5, 5.41) is 6.28. The van der Waals surface area contributed by atoms with Gasteiger partial charge < -0.3 is 15.4 Å². The molecule has 0 aromatic rings. The number of aliphatic imine (C=N–C) groups is 1. The van der Waals surface area contributed by atoms with E-state index in [9.17, 15) is 4.79 Å². The molecule has 5 heteroatoms. The molecule has 0 aromatic carbocycles. The second-order valence-electron chi connectivity index (χ2n) is 4.90. The van der Waals surface area contributed by atoms with Crippen molar-refractivity contribution in [3.05, 3.63) is 0 Å². The molecule has 0 rings (SSSR count). The highest BCUT2D eigenvalue weighted by Crippen LogP contribution is 2.05. The van der Waals surface area contributed by atoms with Crippen LogP contribution in [0.3, 0.4) is 0 Å². The van der Waals surface area contributed by atoms with E-state index in [-0.39, 0.29) is 5.97 Å². The summed E-state index contributed by atoms with van der Waals surface area (Å²) in [6.07, 6.45) is 3.92. The zero-order valence-corrected chi connectivity index (χ0v) is 12.8. The summed E-state index contributed by atoms with van der Waals surface area (Å²) in [7, 11) is 1.40. The molecule has 5 nitrogen and oxygen atoms in total. The average molecular weight is 271 g/mol. The maximum atomic E-state index is 11.0. The number of hydrogen-bond acceptors (Lipinski definition) is 3. The Bertz CT molecular complexity index is 265. The number of carbonyl (C=O) groups excluding carboxylic acids is 1. The van der Waals surface area contributed by atoms with Gasteiger partial charge in [0.1, 0.15) is 0 Å². The van der Waals surface area contributed by atoms with Gasteiger partial charge in [0, 0.05) is 19.6 Å². The van der Waals surface area contributed by atoms with Crippen LogP contribution in [0.25, 0.3) is 0 Å². The molecule has 19 heavy (non-hydrogen) atoms. The standard InChI is InChI=1S/C14H29N3O2/c1-5-15-14(17-11-9-13(18)19-4)16-10-7-6-8-12(2)3/h12H,5-11H2,1-4H3,(H2,15,16,17). The van der Waals surface area contributed by atoms with E-state index < -0.39 is 0 Å². The molecule has 0 radical (unpaired) electrons. The second-order valence-corrected chi connectivity index (χ2v) is 4.90. The molecule has 0 heterocycles. The third kappa shape index (κ3) is 11.6. The van der Waals surface area contributed by atoms with Crippen LogP contribution >= 0.6 is 0 Å². The monoisotopic (exact) mass is 271 g/mol. The number of nitrogens with zero attached hydrogens (tertiary/aromatic N) is 1. The quantitative estimate of drug-likeness (QED) is 0.291. The highest BCUT2D eigenvalue weighted by Gasteiger charge is 2.01. The summed E-state index contributed by atoms with van der Waals surface area (Å²) in [4.78, 5) is 15.5. The SMILES string of the molecule is CCNC(=NCCCCC(C)C)NCCC(=O)OC. The first-order valence-electron chi connectivity index (χ1n) is 7.19. The van der Waals surface area contributed by atoms with Crippen LogP contribution in [0.4, 0.5) is 0 Å². The first-order chi connectivity index (χ1) is 9.10. The zero-order valence-electron chi connectivity index (χ0n) is 12.8. The van der Waals surface area contributed by atoms with Gasteiger partial charge in [-0.05, 0) is 19.3 Å². The first-order valence-corrected chi connectivity index (χ1v) is 7.19. The van der Waals surface area contributed by atoms with Crippen LogP contribution in [-0.4, -0.2) is 38.7 Å². The summed E-state index contributed by atoms with van der Waals surface area (Å²) >= 11 is 0. The number of methoxy groups -OCH3 is 1. The van der Waals surface area contributed by atoms with E-state index in [2.05, 4.69) is 34.2 Å². The minimum Gasteiger partial charge on any atom is -0.469 e. The van der Waals surface area contributed by atoms with Gasteiger partial charge >= 0.3 is 5.97 Å². The van der Waals surface area contributed by atoms with Gasteiger partial charge in [0.2, 0.25) is 0 Å². The number of nitrogens with one attached hydrogen (secondary N) is 2. The zero-order chi connectivity index (χ0) is 14.5. The van der Waals surface area contributed by atoms with Crippen LogP contribution in [0.15, 0.2) is 4.99 Å². The van der Waals surface area contributed by atoms with E-state index in [1.807, 2.05) is 6.92 Å². The molecule has 0 fully saturated rings.